The van der Waals surface area contributed by atoms with Crippen LogP contribution in [0.15, 0.2) is 24.4 Å². The Labute approximate surface area is 276 Å². The van der Waals surface area contributed by atoms with Crippen LogP contribution in [0.4, 0.5) is 24.8 Å². The highest BCUT2D eigenvalue weighted by Crippen LogP contribution is 2.41. The summed E-state index contributed by atoms with van der Waals surface area (Å²) in [5, 5.41) is 6.10. The number of aromatic nitrogens is 2. The van der Waals surface area contributed by atoms with Crippen LogP contribution in [0.25, 0.3) is 0 Å². The summed E-state index contributed by atoms with van der Waals surface area (Å²) in [7, 11) is 5.43. The van der Waals surface area contributed by atoms with Crippen molar-refractivity contribution < 1.29 is 27.5 Å². The van der Waals surface area contributed by atoms with Gasteiger partial charge < -0.3 is 25.2 Å². The number of carbonyl (C=O) groups is 2. The van der Waals surface area contributed by atoms with Gasteiger partial charge in [-0.15, -0.1) is 0 Å². The van der Waals surface area contributed by atoms with Crippen LogP contribution in [-0.2, 0) is 17.4 Å². The number of carbonyl (C=O) groups excluding carboxylic acids is 2. The van der Waals surface area contributed by atoms with E-state index in [2.05, 4.69) is 39.5 Å². The van der Waals surface area contributed by atoms with Crippen molar-refractivity contribution in [1.29, 1.82) is 0 Å². The van der Waals surface area contributed by atoms with Crippen molar-refractivity contribution >= 4 is 23.5 Å². The Balaban J connectivity index is 1.31. The number of amides is 2. The van der Waals surface area contributed by atoms with Gasteiger partial charge in [-0.1, -0.05) is 26.7 Å². The minimum Gasteiger partial charge on any atom is -0.495 e. The van der Waals surface area contributed by atoms with Crippen molar-refractivity contribution in [3.8, 4) is 5.75 Å². The second kappa shape index (κ2) is 14.8. The van der Waals surface area contributed by atoms with Gasteiger partial charge in [0.2, 0.25) is 11.9 Å². The first-order valence-electron chi connectivity index (χ1n) is 17.0. The standard InChI is InChI=1S/C35H49F3N6O3/c1-21(22(2)26-8-6-7-9-30(26)44(4)33(46)23-10-11-23)18-29-27(35(36,37)38)20-39-34(42-29)41-28-13-12-24(19-31(28)47-5)32(45)40-25-14-16-43(3)17-15-25/h12-13,19-23,25-26,30H,6-11,14-18H2,1-5H3,(H,40,45)(H,39,41,42). The minimum absolute atomic E-state index is 0.0139. The molecule has 3 aliphatic rings. The molecule has 47 heavy (non-hydrogen) atoms. The summed E-state index contributed by atoms with van der Waals surface area (Å²) in [4.78, 5) is 38.4. The zero-order chi connectivity index (χ0) is 33.9. The van der Waals surface area contributed by atoms with Gasteiger partial charge >= 0.3 is 6.18 Å². The number of nitrogens with zero attached hydrogens (tertiary/aromatic N) is 4. The fourth-order valence-electron chi connectivity index (χ4n) is 7.28. The van der Waals surface area contributed by atoms with Crippen molar-refractivity contribution in [1.82, 2.24) is 25.1 Å². The lowest BCUT2D eigenvalue weighted by atomic mass is 9.71. The molecule has 12 heteroatoms. The first-order valence-corrected chi connectivity index (χ1v) is 17.0. The van der Waals surface area contributed by atoms with E-state index in [0.717, 1.165) is 70.7 Å². The topological polar surface area (TPSA) is 99.7 Å². The molecule has 258 valence electrons. The number of nitrogens with one attached hydrogen (secondary N) is 2. The summed E-state index contributed by atoms with van der Waals surface area (Å²) in [5.41, 5.74) is -0.0639. The maximum Gasteiger partial charge on any atom is 0.419 e. The average Bonchev–Trinajstić information content (AvgIpc) is 3.90. The number of methoxy groups -OCH3 is 1. The van der Waals surface area contributed by atoms with Crippen molar-refractivity contribution in [2.75, 3.05) is 39.6 Å². The largest absolute Gasteiger partial charge is 0.495 e. The van der Waals surface area contributed by atoms with Crippen LogP contribution in [-0.4, -0.2) is 78.0 Å². The van der Waals surface area contributed by atoms with E-state index < -0.39 is 11.7 Å². The molecule has 0 bridgehead atoms. The molecule has 2 heterocycles. The Bertz CT molecular complexity index is 1410. The molecule has 1 saturated heterocycles. The van der Waals surface area contributed by atoms with Crippen molar-refractivity contribution in [2.45, 2.75) is 89.9 Å². The Morgan fingerprint density at radius 3 is 2.45 bits per heavy atom. The molecule has 1 aromatic heterocycles. The number of halogens is 3. The van der Waals surface area contributed by atoms with Gasteiger partial charge in [0.1, 0.15) is 5.75 Å². The zero-order valence-electron chi connectivity index (χ0n) is 28.2. The van der Waals surface area contributed by atoms with Crippen LogP contribution in [0.5, 0.6) is 5.75 Å². The monoisotopic (exact) mass is 658 g/mol. The molecule has 9 nitrogen and oxygen atoms in total. The summed E-state index contributed by atoms with van der Waals surface area (Å²) < 4.78 is 48.1. The normalized spacial score (nSPS) is 22.3. The van der Waals surface area contributed by atoms with E-state index in [1.54, 1.807) is 18.2 Å². The van der Waals surface area contributed by atoms with E-state index in [1.165, 1.54) is 7.11 Å². The highest BCUT2D eigenvalue weighted by Gasteiger charge is 2.41. The maximum absolute atomic E-state index is 14.2. The Morgan fingerprint density at radius 2 is 1.79 bits per heavy atom. The third-order valence-corrected chi connectivity index (χ3v) is 10.6. The number of hydrogen-bond acceptors (Lipinski definition) is 7. The van der Waals surface area contributed by atoms with E-state index in [-0.39, 0.29) is 65.6 Å². The molecule has 0 spiro atoms. The first-order chi connectivity index (χ1) is 22.3. The third kappa shape index (κ3) is 8.55. The zero-order valence-corrected chi connectivity index (χ0v) is 28.2. The van der Waals surface area contributed by atoms with Gasteiger partial charge in [-0.25, -0.2) is 9.97 Å². The summed E-state index contributed by atoms with van der Waals surface area (Å²) in [6.07, 6.45) is 3.97. The Morgan fingerprint density at radius 1 is 1.09 bits per heavy atom. The fourth-order valence-corrected chi connectivity index (χ4v) is 7.28. The number of benzene rings is 1. The molecule has 2 amide bonds. The lowest BCUT2D eigenvalue weighted by Crippen LogP contribution is -2.47. The summed E-state index contributed by atoms with van der Waals surface area (Å²) in [6.45, 7) is 5.92. The van der Waals surface area contributed by atoms with E-state index in [4.69, 9.17) is 4.74 Å². The smallest absolute Gasteiger partial charge is 0.419 e. The maximum atomic E-state index is 14.2. The number of anilines is 2. The second-order valence-electron chi connectivity index (χ2n) is 13.9. The predicted octanol–water partition coefficient (Wildman–Crippen LogP) is 6.31. The molecule has 2 saturated carbocycles. The average molecular weight is 659 g/mol. The highest BCUT2D eigenvalue weighted by atomic mass is 19.4. The number of likely N-dealkylation sites (tertiary alicyclic amines) is 1. The Hall–Kier alpha value is -3.41. The van der Waals surface area contributed by atoms with Crippen LogP contribution in [0.1, 0.15) is 86.8 Å². The first kappa shape index (κ1) is 34.9. The van der Waals surface area contributed by atoms with E-state index in [0.29, 0.717) is 17.0 Å². The van der Waals surface area contributed by atoms with Crippen molar-refractivity contribution in [2.24, 2.45) is 23.7 Å². The van der Waals surface area contributed by atoms with Crippen LogP contribution in [0, 0.1) is 23.7 Å². The minimum atomic E-state index is -4.61. The number of ether oxygens (including phenoxy) is 1. The lowest BCUT2D eigenvalue weighted by Gasteiger charge is -2.43. The Kier molecular flexibility index (Phi) is 11.0. The molecule has 4 unspecified atom stereocenters. The van der Waals surface area contributed by atoms with Crippen LogP contribution < -0.4 is 15.4 Å². The van der Waals surface area contributed by atoms with Crippen LogP contribution in [0.3, 0.4) is 0 Å². The molecular weight excluding hydrogens is 609 g/mol. The second-order valence-corrected chi connectivity index (χ2v) is 13.9. The van der Waals surface area contributed by atoms with Crippen molar-refractivity contribution in [3.63, 3.8) is 0 Å². The SMILES string of the molecule is COc1cc(C(=O)NC2CCN(C)CC2)ccc1Nc1ncc(C(F)(F)F)c(CC(C)C(C)C2CCCCC2N(C)C(=O)C2CC2)n1. The van der Waals surface area contributed by atoms with Gasteiger partial charge in [0.05, 0.1) is 24.1 Å². The molecule has 2 aliphatic carbocycles. The summed E-state index contributed by atoms with van der Waals surface area (Å²) in [5.74, 6) is 0.660. The molecule has 2 N–H and O–H groups in total. The van der Waals surface area contributed by atoms with Gasteiger partial charge in [-0.05, 0) is 101 Å². The van der Waals surface area contributed by atoms with Gasteiger partial charge in [-0.2, -0.15) is 13.2 Å². The third-order valence-electron chi connectivity index (χ3n) is 10.6. The number of hydrogen-bond donors (Lipinski definition) is 2. The number of piperidine rings is 1. The van der Waals surface area contributed by atoms with Crippen LogP contribution >= 0.6 is 0 Å². The summed E-state index contributed by atoms with van der Waals surface area (Å²) >= 11 is 0. The van der Waals surface area contributed by atoms with Gasteiger partial charge in [0.15, 0.2) is 0 Å². The van der Waals surface area contributed by atoms with Crippen molar-refractivity contribution in [3.05, 3.63) is 41.2 Å². The highest BCUT2D eigenvalue weighted by molar-refractivity contribution is 5.95. The lowest BCUT2D eigenvalue weighted by molar-refractivity contribution is -0.139. The molecule has 4 atom stereocenters. The molecule has 1 aromatic carbocycles. The molecular formula is C35H49F3N6O3. The molecule has 3 fully saturated rings. The number of rotatable bonds is 11. The molecule has 0 radical (unpaired) electrons. The molecule has 1 aliphatic heterocycles. The van der Waals surface area contributed by atoms with Gasteiger partial charge in [0.25, 0.3) is 5.91 Å². The molecule has 5 rings (SSSR count). The van der Waals surface area contributed by atoms with Gasteiger partial charge in [0, 0.05) is 36.8 Å². The number of alkyl halides is 3. The fraction of sp³-hybridized carbons (Fsp3) is 0.657. The van der Waals surface area contributed by atoms with E-state index >= 15 is 0 Å². The van der Waals surface area contributed by atoms with E-state index in [9.17, 15) is 22.8 Å². The quantitative estimate of drug-likeness (QED) is 0.292. The van der Waals surface area contributed by atoms with E-state index in [1.807, 2.05) is 18.9 Å². The summed E-state index contributed by atoms with van der Waals surface area (Å²) in [6, 6.07) is 5.10. The van der Waals surface area contributed by atoms with Gasteiger partial charge in [-0.3, -0.25) is 9.59 Å². The molecule has 2 aromatic rings. The van der Waals surface area contributed by atoms with Crippen LogP contribution in [0.2, 0.25) is 0 Å². The predicted molar refractivity (Wildman–Crippen MR) is 175 cm³/mol.